The summed E-state index contributed by atoms with van der Waals surface area (Å²) in [7, 11) is -1.82. The van der Waals surface area contributed by atoms with Crippen molar-refractivity contribution in [1.82, 2.24) is 14.5 Å². The zero-order valence-corrected chi connectivity index (χ0v) is 10.3. The second-order valence-electron chi connectivity index (χ2n) is 3.41. The minimum atomic E-state index is -3.47. The van der Waals surface area contributed by atoms with E-state index in [0.29, 0.717) is 25.9 Å². The van der Waals surface area contributed by atoms with Crippen molar-refractivity contribution in [3.63, 3.8) is 0 Å². The van der Waals surface area contributed by atoms with Crippen molar-refractivity contribution in [1.29, 1.82) is 0 Å². The largest absolute Gasteiger partial charge is 0.274 e. The molecule has 0 unspecified atom stereocenters. The van der Waals surface area contributed by atoms with Gasteiger partial charge in [-0.2, -0.15) is 5.10 Å². The second kappa shape index (κ2) is 6.24. The summed E-state index contributed by atoms with van der Waals surface area (Å²) in [5.41, 5.74) is 8.04. The van der Waals surface area contributed by atoms with Crippen LogP contribution in [-0.2, 0) is 17.1 Å². The summed E-state index contributed by atoms with van der Waals surface area (Å²) in [5.74, 6) is 0. The van der Waals surface area contributed by atoms with Crippen molar-refractivity contribution in [3.05, 3.63) is 22.8 Å². The van der Waals surface area contributed by atoms with Gasteiger partial charge in [-0.1, -0.05) is 5.11 Å². The van der Waals surface area contributed by atoms with Crippen molar-refractivity contribution < 1.29 is 8.42 Å². The lowest BCUT2D eigenvalue weighted by atomic mass is 10.3. The van der Waals surface area contributed by atoms with E-state index in [1.165, 1.54) is 17.1 Å². The normalized spacial score (nSPS) is 11.1. The van der Waals surface area contributed by atoms with Gasteiger partial charge in [0.1, 0.15) is 4.90 Å². The maximum Gasteiger partial charge on any atom is 0.243 e. The van der Waals surface area contributed by atoms with Crippen LogP contribution < -0.4 is 4.72 Å². The van der Waals surface area contributed by atoms with Crippen LogP contribution in [0.1, 0.15) is 12.8 Å². The first kappa shape index (κ1) is 13.5. The number of nitrogens with one attached hydrogen (secondary N) is 1. The van der Waals surface area contributed by atoms with Crippen LogP contribution in [0.5, 0.6) is 0 Å². The van der Waals surface area contributed by atoms with E-state index in [9.17, 15) is 8.42 Å². The Morgan fingerprint density at radius 2 is 2.35 bits per heavy atom. The Balaban J connectivity index is 2.38. The number of sulfonamides is 1. The SMILES string of the molecule is Cn1cc(S(=O)(=O)NCCCCN=[N+]=[N-])cn1. The van der Waals surface area contributed by atoms with Gasteiger partial charge in [0, 0.05) is 31.2 Å². The standard InChI is InChI=1S/C8H14N6O2S/c1-14-7-8(6-11-14)17(15,16)12-5-3-2-4-10-13-9/h6-7,12H,2-5H2,1H3. The van der Waals surface area contributed by atoms with Crippen LogP contribution >= 0.6 is 0 Å². The third-order valence-corrected chi connectivity index (χ3v) is 3.45. The topological polar surface area (TPSA) is 113 Å². The molecule has 0 saturated heterocycles. The van der Waals surface area contributed by atoms with Crippen LogP contribution in [0.4, 0.5) is 0 Å². The molecule has 1 aromatic heterocycles. The number of rotatable bonds is 7. The van der Waals surface area contributed by atoms with Crippen LogP contribution in [0.2, 0.25) is 0 Å². The first-order valence-electron chi connectivity index (χ1n) is 5.05. The lowest BCUT2D eigenvalue weighted by Crippen LogP contribution is -2.24. The quantitative estimate of drug-likeness (QED) is 0.337. The summed E-state index contributed by atoms with van der Waals surface area (Å²) < 4.78 is 27.3. The highest BCUT2D eigenvalue weighted by Crippen LogP contribution is 2.05. The predicted molar refractivity (Wildman–Crippen MR) is 61.6 cm³/mol. The van der Waals surface area contributed by atoms with Crippen LogP contribution in [-0.4, -0.2) is 31.3 Å². The first-order chi connectivity index (χ1) is 8.06. The molecule has 1 rings (SSSR count). The second-order valence-corrected chi connectivity index (χ2v) is 5.18. The maximum atomic E-state index is 11.7. The average molecular weight is 258 g/mol. The third kappa shape index (κ3) is 4.43. The van der Waals surface area contributed by atoms with Crippen molar-refractivity contribution in [2.75, 3.05) is 13.1 Å². The van der Waals surface area contributed by atoms with E-state index in [1.54, 1.807) is 7.05 Å². The molecule has 0 bridgehead atoms. The fourth-order valence-electron chi connectivity index (χ4n) is 1.18. The number of aromatic nitrogens is 2. The summed E-state index contributed by atoms with van der Waals surface area (Å²) in [6.07, 6.45) is 4.00. The Hall–Kier alpha value is -1.57. The predicted octanol–water partition coefficient (Wildman–Crippen LogP) is 0.789. The Bertz CT molecular complexity index is 502. The van der Waals surface area contributed by atoms with Gasteiger partial charge in [-0.25, -0.2) is 13.1 Å². The molecule has 1 heterocycles. The van der Waals surface area contributed by atoms with E-state index in [0.717, 1.165) is 0 Å². The summed E-state index contributed by atoms with van der Waals surface area (Å²) in [4.78, 5) is 2.76. The van der Waals surface area contributed by atoms with Gasteiger partial charge in [-0.05, 0) is 18.4 Å². The molecule has 0 fully saturated rings. The molecule has 9 heteroatoms. The minimum Gasteiger partial charge on any atom is -0.274 e. The molecule has 8 nitrogen and oxygen atoms in total. The van der Waals surface area contributed by atoms with Crippen LogP contribution in [0.25, 0.3) is 10.4 Å². The van der Waals surface area contributed by atoms with Gasteiger partial charge >= 0.3 is 0 Å². The van der Waals surface area contributed by atoms with Gasteiger partial charge in [0.05, 0.1) is 6.20 Å². The number of unbranched alkanes of at least 4 members (excludes halogenated alkanes) is 1. The molecule has 0 aliphatic heterocycles. The molecule has 1 aromatic rings. The molecule has 0 aliphatic carbocycles. The summed E-state index contributed by atoms with van der Waals surface area (Å²) in [5, 5.41) is 7.15. The third-order valence-electron chi connectivity index (χ3n) is 2.03. The fourth-order valence-corrected chi connectivity index (χ4v) is 2.24. The summed E-state index contributed by atoms with van der Waals surface area (Å²) in [6, 6.07) is 0. The Labute approximate surface area is 99.3 Å². The number of azide groups is 1. The van der Waals surface area contributed by atoms with Gasteiger partial charge in [0.2, 0.25) is 10.0 Å². The summed E-state index contributed by atoms with van der Waals surface area (Å²) >= 11 is 0. The Kier molecular flexibility index (Phi) is 4.95. The molecule has 0 spiro atoms. The Morgan fingerprint density at radius 3 is 2.94 bits per heavy atom. The smallest absolute Gasteiger partial charge is 0.243 e. The van der Waals surface area contributed by atoms with E-state index in [4.69, 9.17) is 5.53 Å². The molecular weight excluding hydrogens is 244 g/mol. The highest BCUT2D eigenvalue weighted by molar-refractivity contribution is 7.89. The Morgan fingerprint density at radius 1 is 1.59 bits per heavy atom. The van der Waals surface area contributed by atoms with Gasteiger partial charge in [0.25, 0.3) is 0 Å². The zero-order valence-electron chi connectivity index (χ0n) is 9.44. The minimum absolute atomic E-state index is 0.148. The fraction of sp³-hybridized carbons (Fsp3) is 0.625. The molecule has 0 atom stereocenters. The zero-order chi connectivity index (χ0) is 12.7. The number of hydrogen-bond donors (Lipinski definition) is 1. The van der Waals surface area contributed by atoms with Gasteiger partial charge in [-0.15, -0.1) is 0 Å². The molecule has 0 saturated carbocycles. The molecule has 0 amide bonds. The number of aryl methyl sites for hydroxylation is 1. The van der Waals surface area contributed by atoms with Crippen LogP contribution in [0.3, 0.4) is 0 Å². The van der Waals surface area contributed by atoms with Gasteiger partial charge < -0.3 is 0 Å². The van der Waals surface area contributed by atoms with E-state index in [2.05, 4.69) is 19.8 Å². The van der Waals surface area contributed by atoms with Crippen molar-refractivity contribution in [2.24, 2.45) is 12.2 Å². The van der Waals surface area contributed by atoms with E-state index >= 15 is 0 Å². The lowest BCUT2D eigenvalue weighted by molar-refractivity contribution is 0.577. The van der Waals surface area contributed by atoms with E-state index in [1.807, 2.05) is 0 Å². The van der Waals surface area contributed by atoms with Gasteiger partial charge in [-0.3, -0.25) is 4.68 Å². The van der Waals surface area contributed by atoms with Crippen LogP contribution in [0.15, 0.2) is 22.4 Å². The van der Waals surface area contributed by atoms with Gasteiger partial charge in [0.15, 0.2) is 0 Å². The maximum absolute atomic E-state index is 11.7. The first-order valence-corrected chi connectivity index (χ1v) is 6.54. The average Bonchev–Trinajstić information content (AvgIpc) is 2.71. The molecule has 1 N–H and O–H groups in total. The number of hydrogen-bond acceptors (Lipinski definition) is 4. The highest BCUT2D eigenvalue weighted by Gasteiger charge is 2.14. The molecular formula is C8H14N6O2S. The molecule has 0 radical (unpaired) electrons. The van der Waals surface area contributed by atoms with Crippen molar-refractivity contribution >= 4 is 10.0 Å². The van der Waals surface area contributed by atoms with Crippen molar-refractivity contribution in [3.8, 4) is 0 Å². The molecule has 0 aromatic carbocycles. The lowest BCUT2D eigenvalue weighted by Gasteiger charge is -2.03. The molecule has 94 valence electrons. The highest BCUT2D eigenvalue weighted by atomic mass is 32.2. The number of nitrogens with zero attached hydrogens (tertiary/aromatic N) is 5. The summed E-state index contributed by atoms with van der Waals surface area (Å²) in [6.45, 7) is 0.698. The van der Waals surface area contributed by atoms with E-state index < -0.39 is 10.0 Å². The van der Waals surface area contributed by atoms with E-state index in [-0.39, 0.29) is 4.90 Å². The molecule has 17 heavy (non-hydrogen) atoms. The molecule has 0 aliphatic rings. The van der Waals surface area contributed by atoms with Crippen LogP contribution in [0, 0.1) is 0 Å². The monoisotopic (exact) mass is 258 g/mol. The van der Waals surface area contributed by atoms with Crippen molar-refractivity contribution in [2.45, 2.75) is 17.7 Å².